The molecule has 0 aromatic carbocycles. The van der Waals surface area contributed by atoms with Gasteiger partial charge in [-0.05, 0) is 13.8 Å². The van der Waals surface area contributed by atoms with E-state index in [-0.39, 0.29) is 19.1 Å². The Kier molecular flexibility index (Phi) is 5.88. The second-order valence-corrected chi connectivity index (χ2v) is 2.44. The third-order valence-corrected chi connectivity index (χ3v) is 1.49. The number of carboxylic acids is 1. The van der Waals surface area contributed by atoms with E-state index in [4.69, 9.17) is 9.84 Å². The summed E-state index contributed by atoms with van der Waals surface area (Å²) in [4.78, 5) is 22.8. The number of carboxylic acid groups (broad SMARTS) is 1. The third kappa shape index (κ3) is 5.19. The zero-order chi connectivity index (χ0) is 10.3. The molecular formula is C8H15NO4. The van der Waals surface area contributed by atoms with Crippen LogP contribution in [0.3, 0.4) is 0 Å². The maximum absolute atomic E-state index is 11.2. The van der Waals surface area contributed by atoms with Crippen LogP contribution in [0, 0.1) is 0 Å². The van der Waals surface area contributed by atoms with Gasteiger partial charge < -0.3 is 14.7 Å². The predicted molar refractivity (Wildman–Crippen MR) is 46.4 cm³/mol. The third-order valence-electron chi connectivity index (χ3n) is 1.49. The van der Waals surface area contributed by atoms with Crippen molar-refractivity contribution in [1.29, 1.82) is 0 Å². The van der Waals surface area contributed by atoms with E-state index in [0.717, 1.165) is 0 Å². The van der Waals surface area contributed by atoms with Gasteiger partial charge in [-0.15, -0.1) is 0 Å². The Morgan fingerprint density at radius 2 is 2.00 bits per heavy atom. The van der Waals surface area contributed by atoms with Crippen LogP contribution in [-0.2, 0) is 14.3 Å². The van der Waals surface area contributed by atoms with Crippen LogP contribution >= 0.6 is 0 Å². The van der Waals surface area contributed by atoms with Gasteiger partial charge in [0.2, 0.25) is 5.91 Å². The molecule has 0 fully saturated rings. The van der Waals surface area contributed by atoms with Gasteiger partial charge in [0.1, 0.15) is 13.2 Å². The van der Waals surface area contributed by atoms with Crippen LogP contribution in [0.2, 0.25) is 0 Å². The van der Waals surface area contributed by atoms with Crippen LogP contribution in [0.4, 0.5) is 0 Å². The predicted octanol–water partition coefficient (Wildman–Crippen LogP) is -0.0440. The summed E-state index contributed by atoms with van der Waals surface area (Å²) >= 11 is 0. The minimum atomic E-state index is -1.01. The molecule has 0 atom stereocenters. The molecule has 76 valence electrons. The average Bonchev–Trinajstić information content (AvgIpc) is 2.09. The molecule has 0 aromatic heterocycles. The molecule has 0 aromatic rings. The van der Waals surface area contributed by atoms with E-state index < -0.39 is 5.97 Å². The summed E-state index contributed by atoms with van der Waals surface area (Å²) in [5.74, 6) is -1.29. The van der Waals surface area contributed by atoms with Gasteiger partial charge in [0.05, 0.1) is 0 Å². The first-order chi connectivity index (χ1) is 6.11. The van der Waals surface area contributed by atoms with E-state index in [9.17, 15) is 9.59 Å². The molecule has 5 heteroatoms. The molecule has 0 saturated heterocycles. The van der Waals surface area contributed by atoms with Crippen molar-refractivity contribution in [3.63, 3.8) is 0 Å². The van der Waals surface area contributed by atoms with E-state index >= 15 is 0 Å². The number of carbonyl (C=O) groups excluding carboxylic acids is 1. The summed E-state index contributed by atoms with van der Waals surface area (Å²) in [6, 6.07) is 0. The van der Waals surface area contributed by atoms with Crippen molar-refractivity contribution in [3.8, 4) is 0 Å². The van der Waals surface area contributed by atoms with Crippen LogP contribution in [0.25, 0.3) is 0 Å². The number of carbonyl (C=O) groups is 2. The molecular weight excluding hydrogens is 174 g/mol. The van der Waals surface area contributed by atoms with Gasteiger partial charge in [-0.1, -0.05) is 0 Å². The van der Waals surface area contributed by atoms with Crippen LogP contribution < -0.4 is 0 Å². The van der Waals surface area contributed by atoms with E-state index in [2.05, 4.69) is 0 Å². The highest BCUT2D eigenvalue weighted by Crippen LogP contribution is 1.90. The fourth-order valence-electron chi connectivity index (χ4n) is 0.820. The molecule has 1 amide bonds. The second-order valence-electron chi connectivity index (χ2n) is 2.44. The molecule has 0 unspecified atom stereocenters. The Morgan fingerprint density at radius 1 is 1.38 bits per heavy atom. The summed E-state index contributed by atoms with van der Waals surface area (Å²) in [7, 11) is 0. The first-order valence-corrected chi connectivity index (χ1v) is 4.19. The Bertz CT molecular complexity index is 181. The van der Waals surface area contributed by atoms with Crippen LogP contribution in [0.15, 0.2) is 0 Å². The van der Waals surface area contributed by atoms with Gasteiger partial charge in [-0.2, -0.15) is 0 Å². The molecule has 1 N–H and O–H groups in total. The normalized spacial score (nSPS) is 9.69. The van der Waals surface area contributed by atoms with Crippen molar-refractivity contribution in [2.75, 3.05) is 26.3 Å². The summed E-state index contributed by atoms with van der Waals surface area (Å²) in [6.07, 6.45) is 0. The highest BCUT2D eigenvalue weighted by Gasteiger charge is 2.13. The monoisotopic (exact) mass is 189 g/mol. The maximum atomic E-state index is 11.2. The maximum Gasteiger partial charge on any atom is 0.323 e. The van der Waals surface area contributed by atoms with E-state index in [1.54, 1.807) is 13.8 Å². The summed E-state index contributed by atoms with van der Waals surface area (Å²) in [5, 5.41) is 8.45. The number of hydrogen-bond donors (Lipinski definition) is 1. The summed E-state index contributed by atoms with van der Waals surface area (Å²) in [5.41, 5.74) is 0. The topological polar surface area (TPSA) is 66.8 Å². The lowest BCUT2D eigenvalue weighted by Crippen LogP contribution is -2.37. The number of aliphatic carboxylic acids is 1. The van der Waals surface area contributed by atoms with Gasteiger partial charge in [0, 0.05) is 13.2 Å². The number of rotatable bonds is 6. The quantitative estimate of drug-likeness (QED) is 0.636. The molecule has 0 rings (SSSR count). The van der Waals surface area contributed by atoms with Crippen molar-refractivity contribution in [2.24, 2.45) is 0 Å². The lowest BCUT2D eigenvalue weighted by Gasteiger charge is -2.17. The van der Waals surface area contributed by atoms with E-state index in [1.165, 1.54) is 4.90 Å². The van der Waals surface area contributed by atoms with Crippen molar-refractivity contribution in [3.05, 3.63) is 0 Å². The minimum absolute atomic E-state index is 0.0440. The smallest absolute Gasteiger partial charge is 0.323 e. The molecule has 0 bridgehead atoms. The van der Waals surface area contributed by atoms with Gasteiger partial charge in [-0.25, -0.2) is 0 Å². The first-order valence-electron chi connectivity index (χ1n) is 4.19. The second kappa shape index (κ2) is 6.42. The molecule has 5 nitrogen and oxygen atoms in total. The lowest BCUT2D eigenvalue weighted by atomic mass is 10.4. The van der Waals surface area contributed by atoms with E-state index in [1.807, 2.05) is 0 Å². The molecule has 0 aliphatic rings. The largest absolute Gasteiger partial charge is 0.480 e. The highest BCUT2D eigenvalue weighted by molar-refractivity contribution is 5.82. The Labute approximate surface area is 77.3 Å². The van der Waals surface area contributed by atoms with Gasteiger partial charge in [0.25, 0.3) is 0 Å². The van der Waals surface area contributed by atoms with Crippen LogP contribution in [-0.4, -0.2) is 48.2 Å². The van der Waals surface area contributed by atoms with E-state index in [0.29, 0.717) is 13.2 Å². The minimum Gasteiger partial charge on any atom is -0.480 e. The number of hydrogen-bond acceptors (Lipinski definition) is 3. The summed E-state index contributed by atoms with van der Waals surface area (Å²) in [6.45, 7) is 4.04. The zero-order valence-corrected chi connectivity index (χ0v) is 7.95. The van der Waals surface area contributed by atoms with Gasteiger partial charge in [0.15, 0.2) is 0 Å². The number of likely N-dealkylation sites (N-methyl/N-ethyl adjacent to an activating group) is 1. The van der Waals surface area contributed by atoms with Crippen molar-refractivity contribution in [2.45, 2.75) is 13.8 Å². The Hall–Kier alpha value is -1.10. The molecule has 0 spiro atoms. The van der Waals surface area contributed by atoms with Gasteiger partial charge >= 0.3 is 5.97 Å². The molecule has 0 aliphatic heterocycles. The molecule has 0 aliphatic carbocycles. The SMILES string of the molecule is CCOCC(=O)N(CC)CC(=O)O. The lowest BCUT2D eigenvalue weighted by molar-refractivity contribution is -0.146. The first kappa shape index (κ1) is 11.9. The standard InChI is InChI=1S/C8H15NO4/c1-3-9(5-8(11)12)7(10)6-13-4-2/h3-6H2,1-2H3,(H,11,12). The molecule has 13 heavy (non-hydrogen) atoms. The van der Waals surface area contributed by atoms with Crippen molar-refractivity contribution >= 4 is 11.9 Å². The van der Waals surface area contributed by atoms with Gasteiger partial charge in [-0.3, -0.25) is 9.59 Å². The molecule has 0 saturated carbocycles. The number of amides is 1. The van der Waals surface area contributed by atoms with Crippen molar-refractivity contribution < 1.29 is 19.4 Å². The zero-order valence-electron chi connectivity index (χ0n) is 7.95. The molecule has 0 heterocycles. The average molecular weight is 189 g/mol. The Balaban J connectivity index is 3.92. The van der Waals surface area contributed by atoms with Crippen LogP contribution in [0.1, 0.15) is 13.8 Å². The van der Waals surface area contributed by atoms with Crippen LogP contribution in [0.5, 0.6) is 0 Å². The fraction of sp³-hybridized carbons (Fsp3) is 0.750. The Morgan fingerprint density at radius 3 is 2.38 bits per heavy atom. The highest BCUT2D eigenvalue weighted by atomic mass is 16.5. The number of ether oxygens (including phenoxy) is 1. The fourth-order valence-corrected chi connectivity index (χ4v) is 0.820. The number of nitrogens with zero attached hydrogens (tertiary/aromatic N) is 1. The molecule has 0 radical (unpaired) electrons. The van der Waals surface area contributed by atoms with Crippen molar-refractivity contribution in [1.82, 2.24) is 4.90 Å². The summed E-state index contributed by atoms with van der Waals surface area (Å²) < 4.78 is 4.88.